The van der Waals surface area contributed by atoms with Gasteiger partial charge in [0.25, 0.3) is 0 Å². The van der Waals surface area contributed by atoms with Crippen LogP contribution in [0.1, 0.15) is 34.0 Å². The minimum Gasteiger partial charge on any atom is -0.309 e. The fourth-order valence-electron chi connectivity index (χ4n) is 2.03. The highest BCUT2D eigenvalue weighted by atomic mass is 32.1. The number of hydrogen-bond donors (Lipinski definition) is 1. The van der Waals surface area contributed by atoms with Gasteiger partial charge in [-0.3, -0.25) is 0 Å². The van der Waals surface area contributed by atoms with Crippen LogP contribution in [0.15, 0.2) is 24.3 Å². The van der Waals surface area contributed by atoms with Crippen LogP contribution in [0.3, 0.4) is 0 Å². The molecule has 0 aliphatic heterocycles. The number of rotatable bonds is 5. The Kier molecular flexibility index (Phi) is 3.62. The van der Waals surface area contributed by atoms with Crippen molar-refractivity contribution >= 4 is 11.3 Å². The first-order valence-corrected chi connectivity index (χ1v) is 7.45. The summed E-state index contributed by atoms with van der Waals surface area (Å²) in [5.74, 6) is -0.187. The molecule has 0 saturated heterocycles. The molecule has 0 bridgehead atoms. The van der Waals surface area contributed by atoms with E-state index in [1.807, 2.05) is 12.1 Å². The normalized spacial score (nSPS) is 14.8. The third-order valence-electron chi connectivity index (χ3n) is 3.33. The van der Waals surface area contributed by atoms with Crippen molar-refractivity contribution in [3.05, 3.63) is 51.2 Å². The molecule has 1 aromatic heterocycles. The van der Waals surface area contributed by atoms with E-state index in [4.69, 9.17) is 0 Å². The molecule has 0 amide bonds. The van der Waals surface area contributed by atoms with Crippen molar-refractivity contribution in [2.75, 3.05) is 0 Å². The van der Waals surface area contributed by atoms with Crippen LogP contribution in [0.4, 0.5) is 4.39 Å². The molecular formula is C15H17FN2S. The molecule has 0 radical (unpaired) electrons. The van der Waals surface area contributed by atoms with Gasteiger partial charge in [-0.25, -0.2) is 9.37 Å². The molecule has 4 heteroatoms. The van der Waals surface area contributed by atoms with Crippen molar-refractivity contribution in [3.63, 3.8) is 0 Å². The number of nitrogens with one attached hydrogen (secondary N) is 1. The lowest BCUT2D eigenvalue weighted by Gasteiger charge is -1.99. The molecule has 1 N–H and O–H groups in total. The summed E-state index contributed by atoms with van der Waals surface area (Å²) >= 11 is 1.76. The maximum atomic E-state index is 12.9. The number of halogens is 1. The average molecular weight is 276 g/mol. The van der Waals surface area contributed by atoms with Crippen molar-refractivity contribution in [3.8, 4) is 0 Å². The summed E-state index contributed by atoms with van der Waals surface area (Å²) in [6.45, 7) is 2.99. The van der Waals surface area contributed by atoms with Gasteiger partial charge >= 0.3 is 0 Å². The molecule has 1 aliphatic rings. The fraction of sp³-hybridized carbons (Fsp3) is 0.400. The van der Waals surface area contributed by atoms with Gasteiger partial charge in [0.15, 0.2) is 0 Å². The highest BCUT2D eigenvalue weighted by Gasteiger charge is 2.21. The molecule has 1 heterocycles. The largest absolute Gasteiger partial charge is 0.309 e. The lowest BCUT2D eigenvalue weighted by atomic mass is 10.1. The summed E-state index contributed by atoms with van der Waals surface area (Å²) in [5, 5.41) is 4.63. The van der Waals surface area contributed by atoms with Crippen LogP contribution >= 0.6 is 11.3 Å². The van der Waals surface area contributed by atoms with Crippen molar-refractivity contribution in [2.45, 2.75) is 38.8 Å². The van der Waals surface area contributed by atoms with E-state index in [0.29, 0.717) is 0 Å². The Morgan fingerprint density at radius 2 is 2.05 bits per heavy atom. The summed E-state index contributed by atoms with van der Waals surface area (Å²) in [6.07, 6.45) is 3.40. The molecule has 1 aromatic carbocycles. The first kappa shape index (κ1) is 12.8. The smallest absolute Gasteiger partial charge is 0.123 e. The number of aryl methyl sites for hydroxylation is 1. The molecule has 1 saturated carbocycles. The quantitative estimate of drug-likeness (QED) is 0.905. The number of nitrogens with zero attached hydrogens (tertiary/aromatic N) is 1. The third-order valence-corrected chi connectivity index (χ3v) is 4.49. The van der Waals surface area contributed by atoms with Gasteiger partial charge in [-0.15, -0.1) is 11.3 Å². The second-order valence-electron chi connectivity index (χ2n) is 5.07. The minimum absolute atomic E-state index is 0.187. The summed E-state index contributed by atoms with van der Waals surface area (Å²) < 4.78 is 12.9. The van der Waals surface area contributed by atoms with Crippen LogP contribution < -0.4 is 5.32 Å². The monoisotopic (exact) mass is 276 g/mol. The topological polar surface area (TPSA) is 24.9 Å². The number of thiazole rings is 1. The van der Waals surface area contributed by atoms with E-state index >= 15 is 0 Å². The van der Waals surface area contributed by atoms with Gasteiger partial charge in [0.2, 0.25) is 0 Å². The van der Waals surface area contributed by atoms with E-state index < -0.39 is 0 Å². The Morgan fingerprint density at radius 1 is 1.32 bits per heavy atom. The van der Waals surface area contributed by atoms with E-state index in [1.54, 1.807) is 11.3 Å². The molecule has 19 heavy (non-hydrogen) atoms. The van der Waals surface area contributed by atoms with E-state index in [-0.39, 0.29) is 5.82 Å². The zero-order valence-electron chi connectivity index (χ0n) is 10.9. The molecule has 0 unspecified atom stereocenters. The molecule has 0 atom stereocenters. The van der Waals surface area contributed by atoms with Gasteiger partial charge in [-0.05, 0) is 37.5 Å². The van der Waals surface area contributed by atoms with E-state index in [1.165, 1.54) is 29.9 Å². The van der Waals surface area contributed by atoms with E-state index in [0.717, 1.165) is 35.3 Å². The summed E-state index contributed by atoms with van der Waals surface area (Å²) in [5.41, 5.74) is 2.23. The van der Waals surface area contributed by atoms with Crippen LogP contribution in [0.5, 0.6) is 0 Å². The predicted molar refractivity (Wildman–Crippen MR) is 75.9 cm³/mol. The molecule has 1 fully saturated rings. The molecule has 1 aliphatic carbocycles. The predicted octanol–water partition coefficient (Wildman–Crippen LogP) is 3.43. The maximum absolute atomic E-state index is 12.9. The lowest BCUT2D eigenvalue weighted by molar-refractivity contribution is 0.627. The van der Waals surface area contributed by atoms with Gasteiger partial charge in [-0.1, -0.05) is 12.1 Å². The van der Waals surface area contributed by atoms with E-state index in [2.05, 4.69) is 17.2 Å². The Bertz CT molecular complexity index is 558. The molecule has 100 valence electrons. The minimum atomic E-state index is -0.187. The third kappa shape index (κ3) is 3.39. The van der Waals surface area contributed by atoms with Crippen LogP contribution in [-0.2, 0) is 13.0 Å². The maximum Gasteiger partial charge on any atom is 0.123 e. The average Bonchev–Trinajstić information content (AvgIpc) is 3.15. The first-order valence-electron chi connectivity index (χ1n) is 6.64. The highest BCUT2D eigenvalue weighted by molar-refractivity contribution is 7.11. The first-order chi connectivity index (χ1) is 9.20. The van der Waals surface area contributed by atoms with Crippen molar-refractivity contribution in [1.29, 1.82) is 0 Å². The van der Waals surface area contributed by atoms with Crippen LogP contribution in [0.2, 0.25) is 0 Å². The van der Waals surface area contributed by atoms with E-state index in [9.17, 15) is 4.39 Å². The summed E-state index contributed by atoms with van der Waals surface area (Å²) in [4.78, 5) is 5.93. The number of aromatic nitrogens is 1. The van der Waals surface area contributed by atoms with Gasteiger partial charge in [0.05, 0.1) is 10.7 Å². The molecule has 3 rings (SSSR count). The standard InChI is InChI=1S/C15H17FN2S/c1-10-14(9-17-13-6-7-13)19-15(18-10)8-11-2-4-12(16)5-3-11/h2-5,13,17H,6-9H2,1H3. The zero-order chi connectivity index (χ0) is 13.2. The molecule has 2 aromatic rings. The SMILES string of the molecule is Cc1nc(Cc2ccc(F)cc2)sc1CNC1CC1. The second kappa shape index (κ2) is 5.39. The van der Waals surface area contributed by atoms with Crippen molar-refractivity contribution < 1.29 is 4.39 Å². The Morgan fingerprint density at radius 3 is 2.74 bits per heavy atom. The summed E-state index contributed by atoms with van der Waals surface area (Å²) in [6, 6.07) is 7.39. The second-order valence-corrected chi connectivity index (χ2v) is 6.24. The highest BCUT2D eigenvalue weighted by Crippen LogP contribution is 2.24. The van der Waals surface area contributed by atoms with Gasteiger partial charge in [-0.2, -0.15) is 0 Å². The molecule has 2 nitrogen and oxygen atoms in total. The lowest BCUT2D eigenvalue weighted by Crippen LogP contribution is -2.14. The molecular weight excluding hydrogens is 259 g/mol. The number of hydrogen-bond acceptors (Lipinski definition) is 3. The zero-order valence-corrected chi connectivity index (χ0v) is 11.8. The van der Waals surface area contributed by atoms with Crippen LogP contribution in [0, 0.1) is 12.7 Å². The van der Waals surface area contributed by atoms with Gasteiger partial charge in [0.1, 0.15) is 5.82 Å². The Labute approximate surface area is 116 Å². The van der Waals surface area contributed by atoms with Crippen LogP contribution in [0.25, 0.3) is 0 Å². The Balaban J connectivity index is 1.66. The van der Waals surface area contributed by atoms with Gasteiger partial charge in [0, 0.05) is 23.9 Å². The van der Waals surface area contributed by atoms with Crippen LogP contribution in [-0.4, -0.2) is 11.0 Å². The summed E-state index contributed by atoms with van der Waals surface area (Å²) in [7, 11) is 0. The van der Waals surface area contributed by atoms with Gasteiger partial charge < -0.3 is 5.32 Å². The fourth-order valence-corrected chi connectivity index (χ4v) is 3.08. The Hall–Kier alpha value is -1.26. The van der Waals surface area contributed by atoms with Crippen molar-refractivity contribution in [2.24, 2.45) is 0 Å². The molecule has 0 spiro atoms. The van der Waals surface area contributed by atoms with Crippen molar-refractivity contribution in [1.82, 2.24) is 10.3 Å². The number of benzene rings is 1.